The third kappa shape index (κ3) is 1.72. The predicted molar refractivity (Wildman–Crippen MR) is 82.7 cm³/mol. The molecule has 5 atom stereocenters. The first-order chi connectivity index (χ1) is 9.95. The van der Waals surface area contributed by atoms with Gasteiger partial charge in [-0.2, -0.15) is 0 Å². The molecule has 0 unspecified atom stereocenters. The minimum atomic E-state index is -0.127. The van der Waals surface area contributed by atoms with Crippen molar-refractivity contribution in [1.82, 2.24) is 0 Å². The normalized spacial score (nSPS) is 48.9. The molecule has 2 saturated carbocycles. The molecule has 4 aliphatic carbocycles. The number of aliphatic hydroxyl groups is 1. The summed E-state index contributed by atoms with van der Waals surface area (Å²) in [6, 6.07) is 0. The highest BCUT2D eigenvalue weighted by atomic mass is 16.3. The van der Waals surface area contributed by atoms with Crippen molar-refractivity contribution in [2.75, 3.05) is 0 Å². The maximum Gasteiger partial charge on any atom is 0.155 e. The molecule has 4 rings (SSSR count). The standard InChI is InChI=1S/C19H26O2/c1-18-9-7-13(20)11-12(18)3-4-14-15-5-6-17(21)19(15,2)10-8-16(14)18/h8,11,14-15,17,21H,3-7,9-10H2,1-2H3/t14-,15-,17-,18-,19-/m1/s1. The number of ketones is 1. The van der Waals surface area contributed by atoms with Gasteiger partial charge in [-0.1, -0.05) is 31.1 Å². The summed E-state index contributed by atoms with van der Waals surface area (Å²) in [5.74, 6) is 1.60. The first kappa shape index (κ1) is 13.8. The number of aliphatic hydroxyl groups excluding tert-OH is 1. The van der Waals surface area contributed by atoms with Gasteiger partial charge in [-0.25, -0.2) is 0 Å². The Kier molecular flexibility index (Phi) is 2.83. The Labute approximate surface area is 127 Å². The maximum atomic E-state index is 11.8. The molecule has 21 heavy (non-hydrogen) atoms. The molecular weight excluding hydrogens is 260 g/mol. The summed E-state index contributed by atoms with van der Waals surface area (Å²) >= 11 is 0. The van der Waals surface area contributed by atoms with Crippen LogP contribution in [0.3, 0.4) is 0 Å². The molecule has 0 radical (unpaired) electrons. The van der Waals surface area contributed by atoms with Gasteiger partial charge in [0.05, 0.1) is 6.10 Å². The lowest BCUT2D eigenvalue weighted by atomic mass is 9.52. The van der Waals surface area contributed by atoms with E-state index in [-0.39, 0.29) is 16.9 Å². The molecular formula is C19H26O2. The fourth-order valence-corrected chi connectivity index (χ4v) is 5.83. The molecule has 2 nitrogen and oxygen atoms in total. The van der Waals surface area contributed by atoms with E-state index >= 15 is 0 Å². The van der Waals surface area contributed by atoms with Crippen molar-refractivity contribution in [3.8, 4) is 0 Å². The summed E-state index contributed by atoms with van der Waals surface area (Å²) in [4.78, 5) is 11.8. The topological polar surface area (TPSA) is 37.3 Å². The zero-order valence-electron chi connectivity index (χ0n) is 13.2. The lowest BCUT2D eigenvalue weighted by Gasteiger charge is -2.53. The molecule has 0 amide bonds. The van der Waals surface area contributed by atoms with Crippen LogP contribution < -0.4 is 0 Å². The summed E-state index contributed by atoms with van der Waals surface area (Å²) in [6.07, 6.45) is 11.4. The number of allylic oxidation sites excluding steroid dienone is 4. The monoisotopic (exact) mass is 286 g/mol. The Morgan fingerprint density at radius 1 is 1.19 bits per heavy atom. The molecule has 114 valence electrons. The minimum absolute atomic E-state index is 0.0935. The highest BCUT2D eigenvalue weighted by molar-refractivity contribution is 5.92. The van der Waals surface area contributed by atoms with Crippen molar-refractivity contribution in [1.29, 1.82) is 0 Å². The average Bonchev–Trinajstić information content (AvgIpc) is 2.76. The van der Waals surface area contributed by atoms with E-state index in [0.29, 0.717) is 24.0 Å². The van der Waals surface area contributed by atoms with Crippen LogP contribution in [0.4, 0.5) is 0 Å². The zero-order chi connectivity index (χ0) is 14.8. The largest absolute Gasteiger partial charge is 0.393 e. The van der Waals surface area contributed by atoms with E-state index in [2.05, 4.69) is 19.9 Å². The van der Waals surface area contributed by atoms with E-state index in [0.717, 1.165) is 25.7 Å². The van der Waals surface area contributed by atoms with Crippen LogP contribution in [0, 0.1) is 22.7 Å². The Hall–Kier alpha value is -0.890. The average molecular weight is 286 g/mol. The van der Waals surface area contributed by atoms with Gasteiger partial charge in [0.2, 0.25) is 0 Å². The number of hydrogen-bond acceptors (Lipinski definition) is 2. The van der Waals surface area contributed by atoms with Gasteiger partial charge in [0, 0.05) is 17.3 Å². The van der Waals surface area contributed by atoms with Crippen LogP contribution in [0.15, 0.2) is 23.3 Å². The third-order valence-corrected chi connectivity index (χ3v) is 7.28. The van der Waals surface area contributed by atoms with E-state index in [1.807, 2.05) is 6.08 Å². The lowest BCUT2D eigenvalue weighted by Crippen LogP contribution is -2.45. The molecule has 2 fully saturated rings. The van der Waals surface area contributed by atoms with Crippen molar-refractivity contribution < 1.29 is 9.90 Å². The summed E-state index contributed by atoms with van der Waals surface area (Å²) in [7, 11) is 0. The number of rotatable bonds is 0. The van der Waals surface area contributed by atoms with Crippen molar-refractivity contribution >= 4 is 5.78 Å². The zero-order valence-corrected chi connectivity index (χ0v) is 13.2. The molecule has 4 aliphatic rings. The second-order valence-electron chi connectivity index (χ2n) is 8.18. The maximum absolute atomic E-state index is 11.8. The first-order valence-corrected chi connectivity index (χ1v) is 8.57. The summed E-state index contributed by atoms with van der Waals surface area (Å²) in [5.41, 5.74) is 3.20. The van der Waals surface area contributed by atoms with Crippen molar-refractivity contribution in [2.45, 2.75) is 64.9 Å². The van der Waals surface area contributed by atoms with Gasteiger partial charge in [-0.05, 0) is 56.4 Å². The second-order valence-corrected chi connectivity index (χ2v) is 8.18. The number of carbonyl (C=O) groups is 1. The SMILES string of the molecule is C[C@@]12CCC(=O)C=C1CC[C@H]1C2=CC[C@@]2(C)[C@H](O)CC[C@H]12. The fourth-order valence-electron chi connectivity index (χ4n) is 5.83. The number of fused-ring (bicyclic) bond motifs is 5. The molecule has 0 aromatic rings. The number of carbonyl (C=O) groups excluding carboxylic acids is 1. The van der Waals surface area contributed by atoms with Gasteiger partial charge in [-0.15, -0.1) is 0 Å². The molecule has 2 heteroatoms. The van der Waals surface area contributed by atoms with Crippen molar-refractivity contribution in [2.24, 2.45) is 22.7 Å². The summed E-state index contributed by atoms with van der Waals surface area (Å²) in [5, 5.41) is 10.4. The Morgan fingerprint density at radius 3 is 2.81 bits per heavy atom. The van der Waals surface area contributed by atoms with E-state index in [4.69, 9.17) is 0 Å². The Morgan fingerprint density at radius 2 is 2.00 bits per heavy atom. The van der Waals surface area contributed by atoms with E-state index < -0.39 is 0 Å². The quantitative estimate of drug-likeness (QED) is 0.688. The summed E-state index contributed by atoms with van der Waals surface area (Å²) in [6.45, 7) is 4.65. The highest BCUT2D eigenvalue weighted by Gasteiger charge is 2.55. The lowest BCUT2D eigenvalue weighted by molar-refractivity contribution is -0.115. The minimum Gasteiger partial charge on any atom is -0.393 e. The van der Waals surface area contributed by atoms with E-state index in [1.54, 1.807) is 5.57 Å². The highest BCUT2D eigenvalue weighted by Crippen LogP contribution is 2.62. The predicted octanol–water partition coefficient (Wildman–Crippen LogP) is 3.80. The van der Waals surface area contributed by atoms with Crippen LogP contribution in [0.2, 0.25) is 0 Å². The molecule has 1 N–H and O–H groups in total. The fraction of sp³-hybridized carbons (Fsp3) is 0.737. The third-order valence-electron chi connectivity index (χ3n) is 7.28. The van der Waals surface area contributed by atoms with Crippen LogP contribution in [-0.4, -0.2) is 17.0 Å². The van der Waals surface area contributed by atoms with E-state index in [9.17, 15) is 9.90 Å². The van der Waals surface area contributed by atoms with E-state index in [1.165, 1.54) is 18.4 Å². The van der Waals surface area contributed by atoms with Gasteiger partial charge in [-0.3, -0.25) is 4.79 Å². The summed E-state index contributed by atoms with van der Waals surface area (Å²) < 4.78 is 0. The smallest absolute Gasteiger partial charge is 0.155 e. The molecule has 0 heterocycles. The van der Waals surface area contributed by atoms with Crippen LogP contribution in [0.5, 0.6) is 0 Å². The Balaban J connectivity index is 1.76. The molecule has 0 aliphatic heterocycles. The molecule has 0 aromatic carbocycles. The van der Waals surface area contributed by atoms with Crippen molar-refractivity contribution in [3.63, 3.8) is 0 Å². The second kappa shape index (κ2) is 4.32. The van der Waals surface area contributed by atoms with Crippen LogP contribution in [-0.2, 0) is 4.79 Å². The van der Waals surface area contributed by atoms with Gasteiger partial charge in [0.25, 0.3) is 0 Å². The Bertz CT molecular complexity index is 558. The van der Waals surface area contributed by atoms with Gasteiger partial charge in [0.15, 0.2) is 5.78 Å². The molecule has 0 spiro atoms. The van der Waals surface area contributed by atoms with Crippen LogP contribution in [0.1, 0.15) is 58.8 Å². The molecule has 0 saturated heterocycles. The van der Waals surface area contributed by atoms with Gasteiger partial charge in [0.1, 0.15) is 0 Å². The van der Waals surface area contributed by atoms with Gasteiger partial charge >= 0.3 is 0 Å². The van der Waals surface area contributed by atoms with Gasteiger partial charge < -0.3 is 5.11 Å². The van der Waals surface area contributed by atoms with Crippen LogP contribution >= 0.6 is 0 Å². The molecule has 0 bridgehead atoms. The van der Waals surface area contributed by atoms with Crippen LogP contribution in [0.25, 0.3) is 0 Å². The first-order valence-electron chi connectivity index (χ1n) is 8.57. The molecule has 0 aromatic heterocycles. The number of hydrogen-bond donors (Lipinski definition) is 1. The van der Waals surface area contributed by atoms with Crippen molar-refractivity contribution in [3.05, 3.63) is 23.3 Å².